The van der Waals surface area contributed by atoms with Crippen molar-refractivity contribution >= 4 is 105 Å². The van der Waals surface area contributed by atoms with Crippen LogP contribution in [0.15, 0.2) is 72.8 Å². The van der Waals surface area contributed by atoms with Crippen molar-refractivity contribution < 1.29 is 0 Å². The van der Waals surface area contributed by atoms with Gasteiger partial charge in [0.2, 0.25) is 0 Å². The van der Waals surface area contributed by atoms with Crippen LogP contribution in [0.2, 0.25) is 30.1 Å². The van der Waals surface area contributed by atoms with Crippen molar-refractivity contribution in [3.8, 4) is 18.2 Å². The highest BCUT2D eigenvalue weighted by atomic mass is 35.5. The molecule has 0 aromatic heterocycles. The summed E-state index contributed by atoms with van der Waals surface area (Å²) >= 11 is 36.8. The zero-order valence-corrected chi connectivity index (χ0v) is 25.8. The lowest BCUT2D eigenvalue weighted by Crippen LogP contribution is -1.89. The lowest BCUT2D eigenvalue weighted by molar-refractivity contribution is 1.51. The van der Waals surface area contributed by atoms with Crippen molar-refractivity contribution in [1.29, 1.82) is 15.8 Å². The van der Waals surface area contributed by atoms with E-state index in [0.29, 0.717) is 80.2 Å². The predicted molar refractivity (Wildman–Crippen MR) is 176 cm³/mol. The molecule has 4 rings (SSSR count). The Kier molecular flexibility index (Phi) is 10.4. The monoisotopic (exact) mass is 663 g/mol. The normalized spacial score (nSPS) is 11.9. The van der Waals surface area contributed by atoms with E-state index in [0.717, 1.165) is 0 Å². The second kappa shape index (κ2) is 14.0. The molecule has 0 unspecified atom stereocenters. The summed E-state index contributed by atoms with van der Waals surface area (Å²) in [4.78, 5) is 0. The molecule has 9 heteroatoms. The molecule has 0 saturated carbocycles. The number of hydrogen-bond acceptors (Lipinski definition) is 3. The van der Waals surface area contributed by atoms with Crippen molar-refractivity contribution in [2.24, 2.45) is 0 Å². The Morgan fingerprint density at radius 2 is 0.667 bits per heavy atom. The van der Waals surface area contributed by atoms with E-state index in [1.165, 1.54) is 0 Å². The van der Waals surface area contributed by atoms with Crippen LogP contribution < -0.4 is 0 Å². The summed E-state index contributed by atoms with van der Waals surface area (Å²) < 4.78 is 0. The predicted octanol–water partition coefficient (Wildman–Crippen LogP) is 11.8. The van der Waals surface area contributed by atoms with Gasteiger partial charge in [0, 0.05) is 0 Å². The Hall–Kier alpha value is -3.69. The van der Waals surface area contributed by atoms with Crippen LogP contribution in [-0.2, 0) is 0 Å². The Morgan fingerprint density at radius 1 is 0.405 bits per heavy atom. The smallest absolute Gasteiger partial charge is 0.0998 e. The summed E-state index contributed by atoms with van der Waals surface area (Å²) in [6.45, 7) is 0. The summed E-state index contributed by atoms with van der Waals surface area (Å²) in [7, 11) is 0. The van der Waals surface area contributed by atoms with Gasteiger partial charge in [0.15, 0.2) is 0 Å². The van der Waals surface area contributed by atoms with Crippen molar-refractivity contribution in [2.75, 3.05) is 0 Å². The van der Waals surface area contributed by atoms with Crippen LogP contribution >= 0.6 is 69.6 Å². The highest BCUT2D eigenvalue weighted by Gasteiger charge is 2.10. The maximum absolute atomic E-state index is 9.95. The van der Waals surface area contributed by atoms with Crippen molar-refractivity contribution in [2.45, 2.75) is 0 Å². The van der Waals surface area contributed by atoms with Gasteiger partial charge in [0.25, 0.3) is 0 Å². The molecule has 0 fully saturated rings. The maximum atomic E-state index is 9.95. The third-order valence-electron chi connectivity index (χ3n) is 5.99. The minimum Gasteiger partial charge on any atom is -0.192 e. The molecule has 0 saturated heterocycles. The minimum atomic E-state index is 0.316. The van der Waals surface area contributed by atoms with Crippen LogP contribution in [0.1, 0.15) is 33.4 Å². The molecule has 4 aromatic rings. The summed E-state index contributed by atoms with van der Waals surface area (Å²) in [5, 5.41) is 31.9. The molecular formula is C33H15Cl6N3. The Bertz CT molecular complexity index is 1700. The fourth-order valence-corrected chi connectivity index (χ4v) is 4.88. The van der Waals surface area contributed by atoms with Gasteiger partial charge in [0.1, 0.15) is 0 Å². The van der Waals surface area contributed by atoms with Crippen molar-refractivity contribution in [3.63, 3.8) is 0 Å². The van der Waals surface area contributed by atoms with Crippen LogP contribution in [0.3, 0.4) is 0 Å². The number of halogens is 6. The molecule has 42 heavy (non-hydrogen) atoms. The first-order chi connectivity index (χ1) is 20.1. The number of hydrogen-bond donors (Lipinski definition) is 0. The molecule has 4 aromatic carbocycles. The average Bonchev–Trinajstić information content (AvgIpc) is 2.97. The molecule has 204 valence electrons. The number of rotatable bonds is 6. The van der Waals surface area contributed by atoms with E-state index in [4.69, 9.17) is 69.6 Å². The number of allylic oxidation sites excluding steroid dienone is 3. The minimum absolute atomic E-state index is 0.316. The third-order valence-corrected chi connectivity index (χ3v) is 8.20. The van der Waals surface area contributed by atoms with Crippen LogP contribution in [0.5, 0.6) is 0 Å². The SMILES string of the molecule is N#C/C(=C\c1cc(/C=C(\C#N)c2ccc(Cl)c(Cl)c2)cc(/C=C(\C#N)c2ccc(Cl)c(Cl)c2)c1)c1ccc(Cl)c(Cl)c1. The lowest BCUT2D eigenvalue weighted by atomic mass is 9.96. The van der Waals surface area contributed by atoms with Gasteiger partial charge in [0.05, 0.1) is 65.1 Å². The fraction of sp³-hybridized carbons (Fsp3) is 0. The average molecular weight is 666 g/mol. The molecular weight excluding hydrogens is 651 g/mol. The molecule has 0 aliphatic rings. The van der Waals surface area contributed by atoms with Gasteiger partial charge in [-0.05, 0) is 106 Å². The molecule has 0 N–H and O–H groups in total. The molecule has 0 aliphatic heterocycles. The van der Waals surface area contributed by atoms with Gasteiger partial charge in [-0.2, -0.15) is 15.8 Å². The molecule has 0 bridgehead atoms. The van der Waals surface area contributed by atoms with E-state index < -0.39 is 0 Å². The second-order valence-corrected chi connectivity index (χ2v) is 11.3. The first kappa shape index (κ1) is 31.3. The molecule has 3 nitrogen and oxygen atoms in total. The van der Waals surface area contributed by atoms with E-state index in [1.807, 2.05) is 18.2 Å². The Morgan fingerprint density at radius 3 is 0.881 bits per heavy atom. The maximum Gasteiger partial charge on any atom is 0.0998 e. The molecule has 0 spiro atoms. The summed E-state index contributed by atoms with van der Waals surface area (Å²) in [5.74, 6) is 0. The van der Waals surface area contributed by atoms with Gasteiger partial charge < -0.3 is 0 Å². The molecule has 0 radical (unpaired) electrons. The van der Waals surface area contributed by atoms with E-state index in [-0.39, 0.29) is 0 Å². The van der Waals surface area contributed by atoms with E-state index in [2.05, 4.69) is 18.2 Å². The molecule has 0 aliphatic carbocycles. The van der Waals surface area contributed by atoms with Crippen molar-refractivity contribution in [1.82, 2.24) is 0 Å². The van der Waals surface area contributed by atoms with E-state index >= 15 is 0 Å². The summed E-state index contributed by atoms with van der Waals surface area (Å²) in [6.07, 6.45) is 5.06. The summed E-state index contributed by atoms with van der Waals surface area (Å²) in [5.41, 5.74) is 4.63. The highest BCUT2D eigenvalue weighted by molar-refractivity contribution is 6.43. The number of nitriles is 3. The van der Waals surface area contributed by atoms with Gasteiger partial charge in [-0.25, -0.2) is 0 Å². The van der Waals surface area contributed by atoms with Crippen LogP contribution in [0.25, 0.3) is 34.9 Å². The van der Waals surface area contributed by atoms with Crippen LogP contribution in [0, 0.1) is 34.0 Å². The van der Waals surface area contributed by atoms with Gasteiger partial charge in [-0.15, -0.1) is 0 Å². The van der Waals surface area contributed by atoms with Gasteiger partial charge >= 0.3 is 0 Å². The number of benzene rings is 4. The number of nitrogens with zero attached hydrogens (tertiary/aromatic N) is 3. The lowest BCUT2D eigenvalue weighted by Gasteiger charge is -2.08. The highest BCUT2D eigenvalue weighted by Crippen LogP contribution is 2.31. The van der Waals surface area contributed by atoms with E-state index in [9.17, 15) is 15.8 Å². The largest absolute Gasteiger partial charge is 0.192 e. The van der Waals surface area contributed by atoms with E-state index in [1.54, 1.807) is 72.8 Å². The van der Waals surface area contributed by atoms with Gasteiger partial charge in [-0.1, -0.05) is 87.8 Å². The molecule has 0 heterocycles. The molecule has 0 amide bonds. The molecule has 0 atom stereocenters. The fourth-order valence-electron chi connectivity index (χ4n) is 3.98. The zero-order chi connectivity index (χ0) is 30.4. The second-order valence-electron chi connectivity index (χ2n) is 8.83. The first-order valence-electron chi connectivity index (χ1n) is 12.0. The summed E-state index contributed by atoms with van der Waals surface area (Å²) in [6, 6.07) is 26.8. The quantitative estimate of drug-likeness (QED) is 0.152. The topological polar surface area (TPSA) is 71.4 Å². The Balaban J connectivity index is 1.91. The zero-order valence-electron chi connectivity index (χ0n) is 21.3. The van der Waals surface area contributed by atoms with Gasteiger partial charge in [-0.3, -0.25) is 0 Å². The van der Waals surface area contributed by atoms with Crippen LogP contribution in [-0.4, -0.2) is 0 Å². The standard InChI is InChI=1S/C33H15Cl6N3/c34-28-4-1-22(13-31(28)37)25(16-40)10-19-7-20(11-26(17-41)23-2-5-29(35)32(38)14-23)9-21(8-19)12-27(18-42)24-3-6-30(36)33(39)15-24/h1-15H/b25-10+,26-11+,27-12+. The third kappa shape index (κ3) is 7.57. The first-order valence-corrected chi connectivity index (χ1v) is 14.3. The Labute approximate surface area is 273 Å². The van der Waals surface area contributed by atoms with Crippen molar-refractivity contribution in [3.05, 3.63) is 136 Å². The van der Waals surface area contributed by atoms with Crippen LogP contribution in [0.4, 0.5) is 0 Å².